The third-order valence-electron chi connectivity index (χ3n) is 4.82. The third-order valence-corrected chi connectivity index (χ3v) is 4.82. The molecule has 0 atom stereocenters. The van der Waals surface area contributed by atoms with Crippen LogP contribution in [0.4, 0.5) is 4.39 Å². The lowest BCUT2D eigenvalue weighted by Gasteiger charge is -2.22. The Morgan fingerprint density at radius 1 is 0.793 bits per heavy atom. The average Bonchev–Trinajstić information content (AvgIpc) is 3.19. The van der Waals surface area contributed by atoms with Crippen molar-refractivity contribution in [1.29, 1.82) is 0 Å². The topological polar surface area (TPSA) is 34.0 Å². The largest absolute Gasteiger partial charge is 0.290 e. The van der Waals surface area contributed by atoms with Crippen LogP contribution in [0.1, 0.15) is 22.3 Å². The molecule has 0 saturated carbocycles. The van der Waals surface area contributed by atoms with E-state index >= 15 is 0 Å². The summed E-state index contributed by atoms with van der Waals surface area (Å²) in [4.78, 5) is 6.50. The van der Waals surface area contributed by atoms with Gasteiger partial charge in [0.1, 0.15) is 5.82 Å². The molecule has 0 amide bonds. The van der Waals surface area contributed by atoms with Gasteiger partial charge < -0.3 is 0 Å². The van der Waals surface area contributed by atoms with Gasteiger partial charge in [-0.05, 0) is 54.4 Å². The number of hydrogen-bond donors (Lipinski definition) is 0. The number of hydrogen-bond acceptors (Lipinski definition) is 3. The molecule has 4 nitrogen and oxygen atoms in total. The second-order valence-corrected chi connectivity index (χ2v) is 7.26. The van der Waals surface area contributed by atoms with E-state index in [2.05, 4.69) is 46.2 Å². The van der Waals surface area contributed by atoms with Gasteiger partial charge in [0, 0.05) is 43.8 Å². The Balaban J connectivity index is 1.52. The highest BCUT2D eigenvalue weighted by Crippen LogP contribution is 2.16. The van der Waals surface area contributed by atoms with Gasteiger partial charge in [-0.15, -0.1) is 0 Å². The van der Waals surface area contributed by atoms with E-state index in [9.17, 15) is 4.39 Å². The van der Waals surface area contributed by atoms with Gasteiger partial charge >= 0.3 is 0 Å². The Morgan fingerprint density at radius 2 is 1.41 bits per heavy atom. The highest BCUT2D eigenvalue weighted by atomic mass is 19.1. The first-order valence-corrected chi connectivity index (χ1v) is 9.62. The van der Waals surface area contributed by atoms with Crippen molar-refractivity contribution in [3.05, 3.63) is 114 Å². The fourth-order valence-corrected chi connectivity index (χ4v) is 3.30. The first-order chi connectivity index (χ1) is 14.2. The van der Waals surface area contributed by atoms with Crippen molar-refractivity contribution < 1.29 is 4.39 Å². The molecule has 2 aromatic heterocycles. The van der Waals surface area contributed by atoms with E-state index in [-0.39, 0.29) is 5.82 Å². The van der Waals surface area contributed by atoms with Crippen LogP contribution in [-0.2, 0) is 19.6 Å². The quantitative estimate of drug-likeness (QED) is 0.452. The second-order valence-electron chi connectivity index (χ2n) is 7.26. The number of halogens is 1. The van der Waals surface area contributed by atoms with Gasteiger partial charge in [-0.3, -0.25) is 9.88 Å². The Morgan fingerprint density at radius 3 is 2.10 bits per heavy atom. The summed E-state index contributed by atoms with van der Waals surface area (Å²) in [5, 5.41) is 4.45. The summed E-state index contributed by atoms with van der Waals surface area (Å²) in [6.45, 7) is 4.52. The average molecular weight is 386 g/mol. The smallest absolute Gasteiger partial charge is 0.123 e. The first kappa shape index (κ1) is 19.0. The van der Waals surface area contributed by atoms with Crippen LogP contribution in [0.3, 0.4) is 0 Å². The Bertz CT molecular complexity index is 1040. The van der Waals surface area contributed by atoms with Gasteiger partial charge in [-0.2, -0.15) is 5.10 Å². The predicted octanol–water partition coefficient (Wildman–Crippen LogP) is 4.92. The summed E-state index contributed by atoms with van der Waals surface area (Å²) in [5.41, 5.74) is 5.70. The molecule has 0 spiro atoms. The van der Waals surface area contributed by atoms with E-state index < -0.39 is 0 Å². The number of aromatic nitrogens is 3. The summed E-state index contributed by atoms with van der Waals surface area (Å²) < 4.78 is 15.0. The third kappa shape index (κ3) is 5.15. The van der Waals surface area contributed by atoms with Gasteiger partial charge in [0.15, 0.2) is 0 Å². The molecule has 0 fully saturated rings. The van der Waals surface area contributed by atoms with Crippen molar-refractivity contribution >= 4 is 0 Å². The maximum absolute atomic E-state index is 13.2. The minimum Gasteiger partial charge on any atom is -0.290 e. The summed E-state index contributed by atoms with van der Waals surface area (Å²) in [6, 6.07) is 19.1. The van der Waals surface area contributed by atoms with Crippen LogP contribution >= 0.6 is 0 Å². The summed E-state index contributed by atoms with van der Waals surface area (Å²) in [5.74, 6) is -0.247. The van der Waals surface area contributed by atoms with Crippen molar-refractivity contribution in [2.75, 3.05) is 0 Å². The molecule has 2 heterocycles. The molecule has 29 heavy (non-hydrogen) atoms. The van der Waals surface area contributed by atoms with E-state index in [1.54, 1.807) is 16.8 Å². The van der Waals surface area contributed by atoms with Crippen LogP contribution < -0.4 is 0 Å². The minimum atomic E-state index is -0.247. The van der Waals surface area contributed by atoms with Crippen molar-refractivity contribution in [3.8, 4) is 5.69 Å². The lowest BCUT2D eigenvalue weighted by Crippen LogP contribution is -2.22. The highest BCUT2D eigenvalue weighted by molar-refractivity contribution is 5.31. The molecule has 0 aliphatic heterocycles. The molecule has 146 valence electrons. The van der Waals surface area contributed by atoms with Crippen molar-refractivity contribution in [2.45, 2.75) is 26.6 Å². The van der Waals surface area contributed by atoms with Crippen molar-refractivity contribution in [2.24, 2.45) is 0 Å². The van der Waals surface area contributed by atoms with Crippen molar-refractivity contribution in [3.63, 3.8) is 0 Å². The Kier molecular flexibility index (Phi) is 5.77. The van der Waals surface area contributed by atoms with E-state index in [1.165, 1.54) is 28.8 Å². The predicted molar refractivity (Wildman–Crippen MR) is 112 cm³/mol. The zero-order valence-electron chi connectivity index (χ0n) is 16.4. The zero-order valence-corrected chi connectivity index (χ0v) is 16.4. The first-order valence-electron chi connectivity index (χ1n) is 9.62. The molecule has 2 aromatic carbocycles. The highest BCUT2D eigenvalue weighted by Gasteiger charge is 2.11. The second kappa shape index (κ2) is 8.80. The maximum Gasteiger partial charge on any atom is 0.123 e. The molecule has 0 aliphatic carbocycles. The van der Waals surface area contributed by atoms with Crippen LogP contribution in [0, 0.1) is 12.7 Å². The van der Waals surface area contributed by atoms with Crippen molar-refractivity contribution in [1.82, 2.24) is 19.7 Å². The lowest BCUT2D eigenvalue weighted by molar-refractivity contribution is 0.247. The normalized spacial score (nSPS) is 11.1. The van der Waals surface area contributed by atoms with E-state index in [0.29, 0.717) is 0 Å². The van der Waals surface area contributed by atoms with E-state index in [1.807, 2.05) is 36.9 Å². The molecule has 0 aliphatic rings. The summed E-state index contributed by atoms with van der Waals surface area (Å²) in [6.07, 6.45) is 7.53. The number of rotatable bonds is 7. The molecule has 0 unspecified atom stereocenters. The molecule has 0 saturated heterocycles. The molecule has 0 bridgehead atoms. The summed E-state index contributed by atoms with van der Waals surface area (Å²) in [7, 11) is 0. The number of aryl methyl sites for hydroxylation is 1. The van der Waals surface area contributed by atoms with Crippen LogP contribution in [0.5, 0.6) is 0 Å². The number of pyridine rings is 1. The fourth-order valence-electron chi connectivity index (χ4n) is 3.30. The van der Waals surface area contributed by atoms with Crippen LogP contribution in [0.25, 0.3) is 5.69 Å². The standard InChI is InChI=1S/C24H23FN4/c1-19-2-4-20(5-3-19)15-28(16-21-10-12-26-13-11-21)17-22-14-27-29(18-22)24-8-6-23(25)7-9-24/h2-14,18H,15-17H2,1H3. The van der Waals surface area contributed by atoms with Crippen LogP contribution in [0.15, 0.2) is 85.5 Å². The maximum atomic E-state index is 13.2. The van der Waals surface area contributed by atoms with Gasteiger partial charge in [-0.1, -0.05) is 29.8 Å². The van der Waals surface area contributed by atoms with Gasteiger partial charge in [0.05, 0.1) is 11.9 Å². The van der Waals surface area contributed by atoms with Gasteiger partial charge in [0.2, 0.25) is 0 Å². The molecule has 0 radical (unpaired) electrons. The molecule has 4 aromatic rings. The number of nitrogens with zero attached hydrogens (tertiary/aromatic N) is 4. The monoisotopic (exact) mass is 386 g/mol. The fraction of sp³-hybridized carbons (Fsp3) is 0.167. The lowest BCUT2D eigenvalue weighted by atomic mass is 10.1. The van der Waals surface area contributed by atoms with Gasteiger partial charge in [-0.25, -0.2) is 9.07 Å². The molecule has 0 N–H and O–H groups in total. The zero-order chi connectivity index (χ0) is 20.1. The Labute approximate surface area is 170 Å². The van der Waals surface area contributed by atoms with Gasteiger partial charge in [0.25, 0.3) is 0 Å². The Hall–Kier alpha value is -3.31. The van der Waals surface area contributed by atoms with E-state index in [4.69, 9.17) is 0 Å². The van der Waals surface area contributed by atoms with E-state index in [0.717, 1.165) is 30.9 Å². The number of benzene rings is 2. The minimum absolute atomic E-state index is 0.247. The van der Waals surface area contributed by atoms with Crippen LogP contribution in [0.2, 0.25) is 0 Å². The molecule has 4 rings (SSSR count). The molecular weight excluding hydrogens is 363 g/mol. The van der Waals surface area contributed by atoms with Crippen LogP contribution in [-0.4, -0.2) is 19.7 Å². The molecular formula is C24H23FN4. The SMILES string of the molecule is Cc1ccc(CN(Cc2ccncc2)Cc2cnn(-c3ccc(F)cc3)c2)cc1. The summed E-state index contributed by atoms with van der Waals surface area (Å²) >= 11 is 0. The molecule has 5 heteroatoms.